The van der Waals surface area contributed by atoms with Crippen LogP contribution in [-0.2, 0) is 9.53 Å². The summed E-state index contributed by atoms with van der Waals surface area (Å²) in [7, 11) is 0. The fourth-order valence-corrected chi connectivity index (χ4v) is 1.94. The van der Waals surface area contributed by atoms with E-state index in [-0.39, 0.29) is 17.5 Å². The van der Waals surface area contributed by atoms with Gasteiger partial charge in [-0.05, 0) is 43.4 Å². The van der Waals surface area contributed by atoms with Crippen LogP contribution in [0.25, 0.3) is 0 Å². The summed E-state index contributed by atoms with van der Waals surface area (Å²) in [4.78, 5) is 11.8. The van der Waals surface area contributed by atoms with Gasteiger partial charge in [-0.3, -0.25) is 4.79 Å². The van der Waals surface area contributed by atoms with Crippen molar-refractivity contribution in [1.82, 2.24) is 5.32 Å². The molecule has 0 heterocycles. The van der Waals surface area contributed by atoms with Gasteiger partial charge in [0.15, 0.2) is 0 Å². The Bertz CT molecular complexity index is 508. The van der Waals surface area contributed by atoms with Crippen LogP contribution in [0.5, 0.6) is 0 Å². The van der Waals surface area contributed by atoms with Crippen LogP contribution in [0.1, 0.15) is 31.4 Å². The summed E-state index contributed by atoms with van der Waals surface area (Å²) < 4.78 is 18.7. The molecule has 1 amide bonds. The van der Waals surface area contributed by atoms with Crippen molar-refractivity contribution >= 4 is 17.5 Å². The Morgan fingerprint density at radius 2 is 2.29 bits per heavy atom. The van der Waals surface area contributed by atoms with E-state index in [1.54, 1.807) is 6.92 Å². The molecule has 2 unspecified atom stereocenters. The number of carbonyl (C=O) groups excluding carboxylic acids is 1. The average Bonchev–Trinajstić information content (AvgIpc) is 3.28. The molecule has 2 atom stereocenters. The first kappa shape index (κ1) is 16.2. The standard InChI is InChI=1S/C15H19ClFNO3/c1-9(21-8-10-2-3-10)15(20)18-7-14(19)11-4-5-12(16)13(17)6-11/h4-6,9-10,14,19H,2-3,7-8H2,1H3,(H,18,20). The third kappa shape index (κ3) is 4.95. The zero-order valence-electron chi connectivity index (χ0n) is 11.8. The molecule has 0 radical (unpaired) electrons. The lowest BCUT2D eigenvalue weighted by Gasteiger charge is -2.16. The van der Waals surface area contributed by atoms with E-state index in [4.69, 9.17) is 16.3 Å². The monoisotopic (exact) mass is 315 g/mol. The second-order valence-electron chi connectivity index (χ2n) is 5.35. The molecule has 0 aliphatic heterocycles. The van der Waals surface area contributed by atoms with E-state index < -0.39 is 18.0 Å². The van der Waals surface area contributed by atoms with E-state index in [0.29, 0.717) is 18.1 Å². The van der Waals surface area contributed by atoms with Crippen LogP contribution < -0.4 is 5.32 Å². The fourth-order valence-electron chi connectivity index (χ4n) is 1.82. The number of rotatable bonds is 7. The molecule has 21 heavy (non-hydrogen) atoms. The summed E-state index contributed by atoms with van der Waals surface area (Å²) >= 11 is 5.58. The first-order valence-corrected chi connectivity index (χ1v) is 7.37. The molecule has 1 saturated carbocycles. The van der Waals surface area contributed by atoms with Gasteiger partial charge in [0.25, 0.3) is 0 Å². The minimum atomic E-state index is -0.989. The third-order valence-electron chi connectivity index (χ3n) is 3.45. The smallest absolute Gasteiger partial charge is 0.248 e. The molecule has 1 fully saturated rings. The Balaban J connectivity index is 1.77. The average molecular weight is 316 g/mol. The SMILES string of the molecule is CC(OCC1CC1)C(=O)NCC(O)c1ccc(Cl)c(F)c1. The summed E-state index contributed by atoms with van der Waals surface area (Å²) in [5.74, 6) is -0.298. The van der Waals surface area contributed by atoms with E-state index >= 15 is 0 Å². The van der Waals surface area contributed by atoms with Crippen molar-refractivity contribution in [2.24, 2.45) is 5.92 Å². The van der Waals surface area contributed by atoms with E-state index in [0.717, 1.165) is 18.9 Å². The number of hydrogen-bond acceptors (Lipinski definition) is 3. The van der Waals surface area contributed by atoms with Gasteiger partial charge in [-0.15, -0.1) is 0 Å². The highest BCUT2D eigenvalue weighted by atomic mass is 35.5. The molecule has 4 nitrogen and oxygen atoms in total. The Kier molecular flexibility index (Phi) is 5.56. The van der Waals surface area contributed by atoms with Gasteiger partial charge in [0.05, 0.1) is 17.7 Å². The topological polar surface area (TPSA) is 58.6 Å². The molecule has 1 aliphatic rings. The molecule has 1 aromatic carbocycles. The maximum atomic E-state index is 13.3. The van der Waals surface area contributed by atoms with Crippen molar-refractivity contribution in [2.75, 3.05) is 13.2 Å². The third-order valence-corrected chi connectivity index (χ3v) is 3.75. The van der Waals surface area contributed by atoms with Crippen LogP contribution in [0.15, 0.2) is 18.2 Å². The molecule has 116 valence electrons. The van der Waals surface area contributed by atoms with E-state index in [9.17, 15) is 14.3 Å². The second-order valence-corrected chi connectivity index (χ2v) is 5.76. The predicted molar refractivity (Wildman–Crippen MR) is 77.5 cm³/mol. The highest BCUT2D eigenvalue weighted by Crippen LogP contribution is 2.29. The zero-order chi connectivity index (χ0) is 15.4. The molecule has 0 saturated heterocycles. The first-order valence-electron chi connectivity index (χ1n) is 6.99. The largest absolute Gasteiger partial charge is 0.387 e. The van der Waals surface area contributed by atoms with Crippen LogP contribution in [-0.4, -0.2) is 30.3 Å². The van der Waals surface area contributed by atoms with Gasteiger partial charge in [-0.25, -0.2) is 4.39 Å². The van der Waals surface area contributed by atoms with E-state index in [2.05, 4.69) is 5.32 Å². The Morgan fingerprint density at radius 1 is 1.57 bits per heavy atom. The maximum Gasteiger partial charge on any atom is 0.248 e. The lowest BCUT2D eigenvalue weighted by Crippen LogP contribution is -2.37. The van der Waals surface area contributed by atoms with Crippen LogP contribution in [0, 0.1) is 11.7 Å². The molecule has 2 rings (SSSR count). The molecule has 6 heteroatoms. The number of hydrogen-bond donors (Lipinski definition) is 2. The molecule has 0 spiro atoms. The molecule has 2 N–H and O–H groups in total. The predicted octanol–water partition coefficient (Wildman–Crippen LogP) is 2.44. The number of aliphatic hydroxyl groups is 1. The van der Waals surface area contributed by atoms with Crippen molar-refractivity contribution in [1.29, 1.82) is 0 Å². The zero-order valence-corrected chi connectivity index (χ0v) is 12.6. The summed E-state index contributed by atoms with van der Waals surface area (Å²) in [5, 5.41) is 12.5. The lowest BCUT2D eigenvalue weighted by molar-refractivity contribution is -0.132. The van der Waals surface area contributed by atoms with Crippen molar-refractivity contribution in [3.63, 3.8) is 0 Å². The van der Waals surface area contributed by atoms with Gasteiger partial charge >= 0.3 is 0 Å². The number of nitrogens with one attached hydrogen (secondary N) is 1. The van der Waals surface area contributed by atoms with Gasteiger partial charge in [0, 0.05) is 6.54 Å². The highest BCUT2D eigenvalue weighted by molar-refractivity contribution is 6.30. The Labute approximate surface area is 128 Å². The summed E-state index contributed by atoms with van der Waals surface area (Å²) in [6.45, 7) is 2.27. The minimum absolute atomic E-state index is 0.00270. The number of carbonyl (C=O) groups is 1. The van der Waals surface area contributed by atoms with Gasteiger partial charge < -0.3 is 15.2 Å². The van der Waals surface area contributed by atoms with Crippen LogP contribution in [0.2, 0.25) is 5.02 Å². The van der Waals surface area contributed by atoms with Crippen LogP contribution in [0.3, 0.4) is 0 Å². The number of benzene rings is 1. The Morgan fingerprint density at radius 3 is 2.90 bits per heavy atom. The van der Waals surface area contributed by atoms with Crippen molar-refractivity contribution in [2.45, 2.75) is 32.0 Å². The van der Waals surface area contributed by atoms with Gasteiger partial charge in [-0.2, -0.15) is 0 Å². The maximum absolute atomic E-state index is 13.3. The molecular formula is C15H19ClFNO3. The fraction of sp³-hybridized carbons (Fsp3) is 0.533. The van der Waals surface area contributed by atoms with E-state index in [1.165, 1.54) is 12.1 Å². The summed E-state index contributed by atoms with van der Waals surface area (Å²) in [6.07, 6.45) is 0.779. The van der Waals surface area contributed by atoms with Crippen LogP contribution >= 0.6 is 11.6 Å². The molecular weight excluding hydrogens is 297 g/mol. The number of halogens is 2. The normalized spacial score (nSPS) is 17.3. The summed E-state index contributed by atoms with van der Waals surface area (Å²) in [6, 6.07) is 4.06. The number of amides is 1. The number of ether oxygens (including phenoxy) is 1. The van der Waals surface area contributed by atoms with Gasteiger partial charge in [0.1, 0.15) is 11.9 Å². The van der Waals surface area contributed by atoms with Crippen molar-refractivity contribution in [3.8, 4) is 0 Å². The highest BCUT2D eigenvalue weighted by Gasteiger charge is 2.24. The van der Waals surface area contributed by atoms with Crippen molar-refractivity contribution in [3.05, 3.63) is 34.6 Å². The molecule has 1 aliphatic carbocycles. The minimum Gasteiger partial charge on any atom is -0.387 e. The lowest BCUT2D eigenvalue weighted by atomic mass is 10.1. The van der Waals surface area contributed by atoms with Crippen LogP contribution in [0.4, 0.5) is 4.39 Å². The molecule has 0 aromatic heterocycles. The quantitative estimate of drug-likeness (QED) is 0.812. The molecule has 0 bridgehead atoms. The van der Waals surface area contributed by atoms with Crippen molar-refractivity contribution < 1.29 is 19.0 Å². The Hall–Kier alpha value is -1.17. The number of aliphatic hydroxyl groups excluding tert-OH is 1. The summed E-state index contributed by atoms with van der Waals surface area (Å²) in [5.41, 5.74) is 0.365. The van der Waals surface area contributed by atoms with Gasteiger partial charge in [-0.1, -0.05) is 17.7 Å². The van der Waals surface area contributed by atoms with Gasteiger partial charge in [0.2, 0.25) is 5.91 Å². The second kappa shape index (κ2) is 7.20. The molecule has 1 aromatic rings. The first-order chi connectivity index (χ1) is 9.97. The van der Waals surface area contributed by atoms with E-state index in [1.807, 2.05) is 0 Å².